The number of hydrogen-bond donors (Lipinski definition) is 2. The van der Waals surface area contributed by atoms with Crippen molar-refractivity contribution in [1.29, 1.82) is 0 Å². The molecule has 0 heterocycles. The molecule has 0 aliphatic rings. The maximum absolute atomic E-state index is 11.6. The minimum absolute atomic E-state index is 0.00776. The number of carbonyl (C=O) groups is 1. The molecule has 0 bridgehead atoms. The van der Waals surface area contributed by atoms with Crippen molar-refractivity contribution in [3.63, 3.8) is 0 Å². The highest BCUT2D eigenvalue weighted by molar-refractivity contribution is 6.30. The summed E-state index contributed by atoms with van der Waals surface area (Å²) in [6, 6.07) is 7.12. The van der Waals surface area contributed by atoms with Crippen LogP contribution in [-0.4, -0.2) is 19.5 Å². The predicted molar refractivity (Wildman–Crippen MR) is 63.2 cm³/mol. The molecule has 0 aliphatic carbocycles. The number of carbonyl (C=O) groups excluding carboxylic acids is 1. The Morgan fingerprint density at radius 1 is 1.53 bits per heavy atom. The molecule has 1 aromatic carbocycles. The standard InChI is InChI=1S/C11H15ClN2O/c1-8(7-13-2)11(15)14-10-5-3-4-9(12)6-10/h3-6,8,13H,7H2,1-2H3,(H,14,15). The van der Waals surface area contributed by atoms with Gasteiger partial charge in [-0.05, 0) is 25.2 Å². The Morgan fingerprint density at radius 2 is 2.27 bits per heavy atom. The van der Waals surface area contributed by atoms with Crippen LogP contribution < -0.4 is 10.6 Å². The van der Waals surface area contributed by atoms with Gasteiger partial charge in [-0.2, -0.15) is 0 Å². The van der Waals surface area contributed by atoms with Crippen molar-refractivity contribution < 1.29 is 4.79 Å². The van der Waals surface area contributed by atoms with Gasteiger partial charge in [0.1, 0.15) is 0 Å². The number of benzene rings is 1. The van der Waals surface area contributed by atoms with Crippen molar-refractivity contribution in [2.75, 3.05) is 18.9 Å². The van der Waals surface area contributed by atoms with Crippen molar-refractivity contribution in [2.24, 2.45) is 5.92 Å². The molecule has 1 unspecified atom stereocenters. The molecule has 0 saturated carbocycles. The normalized spacial score (nSPS) is 12.2. The van der Waals surface area contributed by atoms with Crippen LogP contribution in [0, 0.1) is 5.92 Å². The van der Waals surface area contributed by atoms with Gasteiger partial charge < -0.3 is 10.6 Å². The molecule has 15 heavy (non-hydrogen) atoms. The van der Waals surface area contributed by atoms with Crippen LogP contribution in [0.5, 0.6) is 0 Å². The van der Waals surface area contributed by atoms with Gasteiger partial charge in [0, 0.05) is 23.2 Å². The summed E-state index contributed by atoms with van der Waals surface area (Å²) in [6.07, 6.45) is 0. The molecule has 0 aliphatic heterocycles. The van der Waals surface area contributed by atoms with Gasteiger partial charge >= 0.3 is 0 Å². The van der Waals surface area contributed by atoms with Gasteiger partial charge in [-0.15, -0.1) is 0 Å². The Balaban J connectivity index is 2.58. The summed E-state index contributed by atoms with van der Waals surface area (Å²) in [5.74, 6) is -0.0689. The van der Waals surface area contributed by atoms with Crippen molar-refractivity contribution in [1.82, 2.24) is 5.32 Å². The molecule has 2 N–H and O–H groups in total. The summed E-state index contributed by atoms with van der Waals surface area (Å²) >= 11 is 5.81. The van der Waals surface area contributed by atoms with Crippen LogP contribution in [0.15, 0.2) is 24.3 Å². The van der Waals surface area contributed by atoms with Gasteiger partial charge in [-0.3, -0.25) is 4.79 Å². The quantitative estimate of drug-likeness (QED) is 0.826. The SMILES string of the molecule is CNCC(C)C(=O)Nc1cccc(Cl)c1. The summed E-state index contributed by atoms with van der Waals surface area (Å²) in [6.45, 7) is 2.53. The lowest BCUT2D eigenvalue weighted by molar-refractivity contribution is -0.119. The molecule has 3 nitrogen and oxygen atoms in total. The van der Waals surface area contributed by atoms with E-state index in [1.54, 1.807) is 18.2 Å². The van der Waals surface area contributed by atoms with Crippen LogP contribution >= 0.6 is 11.6 Å². The van der Waals surface area contributed by atoms with Crippen molar-refractivity contribution >= 4 is 23.2 Å². The molecule has 1 amide bonds. The van der Waals surface area contributed by atoms with Crippen LogP contribution in [0.2, 0.25) is 5.02 Å². The van der Waals surface area contributed by atoms with E-state index in [-0.39, 0.29) is 11.8 Å². The minimum Gasteiger partial charge on any atom is -0.326 e. The number of hydrogen-bond acceptors (Lipinski definition) is 2. The maximum atomic E-state index is 11.6. The van der Waals surface area contributed by atoms with E-state index in [1.807, 2.05) is 20.0 Å². The van der Waals surface area contributed by atoms with E-state index in [4.69, 9.17) is 11.6 Å². The molecular weight excluding hydrogens is 212 g/mol. The van der Waals surface area contributed by atoms with Crippen molar-refractivity contribution in [3.8, 4) is 0 Å². The molecule has 0 fully saturated rings. The topological polar surface area (TPSA) is 41.1 Å². The Morgan fingerprint density at radius 3 is 2.87 bits per heavy atom. The van der Waals surface area contributed by atoms with Crippen LogP contribution in [0.1, 0.15) is 6.92 Å². The third kappa shape index (κ3) is 3.90. The lowest BCUT2D eigenvalue weighted by Gasteiger charge is -2.11. The molecule has 0 spiro atoms. The first-order chi connectivity index (χ1) is 7.13. The fraction of sp³-hybridized carbons (Fsp3) is 0.364. The first kappa shape index (κ1) is 12.0. The fourth-order valence-electron chi connectivity index (χ4n) is 1.23. The van der Waals surface area contributed by atoms with Gasteiger partial charge in [-0.1, -0.05) is 24.6 Å². The minimum atomic E-state index is -0.0611. The number of amides is 1. The third-order valence-corrected chi connectivity index (χ3v) is 2.29. The highest BCUT2D eigenvalue weighted by Gasteiger charge is 2.11. The maximum Gasteiger partial charge on any atom is 0.228 e. The van der Waals surface area contributed by atoms with Crippen LogP contribution in [0.25, 0.3) is 0 Å². The van der Waals surface area contributed by atoms with E-state index in [9.17, 15) is 4.79 Å². The second-order valence-electron chi connectivity index (χ2n) is 3.46. The molecule has 4 heteroatoms. The van der Waals surface area contributed by atoms with Crippen LogP contribution in [-0.2, 0) is 4.79 Å². The molecule has 1 rings (SSSR count). The summed E-state index contributed by atoms with van der Waals surface area (Å²) < 4.78 is 0. The molecule has 82 valence electrons. The van der Waals surface area contributed by atoms with E-state index < -0.39 is 0 Å². The Labute approximate surface area is 94.8 Å². The monoisotopic (exact) mass is 226 g/mol. The second kappa shape index (κ2) is 5.73. The first-order valence-electron chi connectivity index (χ1n) is 4.84. The number of halogens is 1. The number of anilines is 1. The summed E-state index contributed by atoms with van der Waals surface area (Å²) in [5, 5.41) is 6.38. The molecule has 1 atom stereocenters. The Bertz CT molecular complexity index is 341. The van der Waals surface area contributed by atoms with Gasteiger partial charge in [0.2, 0.25) is 5.91 Å². The molecule has 0 radical (unpaired) electrons. The average Bonchev–Trinajstić information content (AvgIpc) is 2.18. The van der Waals surface area contributed by atoms with E-state index in [2.05, 4.69) is 10.6 Å². The first-order valence-corrected chi connectivity index (χ1v) is 5.22. The van der Waals surface area contributed by atoms with Crippen LogP contribution in [0.4, 0.5) is 5.69 Å². The fourth-order valence-corrected chi connectivity index (χ4v) is 1.42. The Hall–Kier alpha value is -1.06. The van der Waals surface area contributed by atoms with E-state index in [1.165, 1.54) is 0 Å². The zero-order valence-corrected chi connectivity index (χ0v) is 9.64. The van der Waals surface area contributed by atoms with E-state index in [0.29, 0.717) is 11.6 Å². The zero-order valence-electron chi connectivity index (χ0n) is 8.88. The van der Waals surface area contributed by atoms with Gasteiger partial charge in [0.15, 0.2) is 0 Å². The lowest BCUT2D eigenvalue weighted by atomic mass is 10.1. The summed E-state index contributed by atoms with van der Waals surface area (Å²) in [5.41, 5.74) is 0.732. The number of nitrogens with one attached hydrogen (secondary N) is 2. The van der Waals surface area contributed by atoms with Gasteiger partial charge in [0.05, 0.1) is 0 Å². The Kier molecular flexibility index (Phi) is 4.59. The summed E-state index contributed by atoms with van der Waals surface area (Å²) in [7, 11) is 1.82. The lowest BCUT2D eigenvalue weighted by Crippen LogP contribution is -2.28. The molecule has 0 aromatic heterocycles. The largest absolute Gasteiger partial charge is 0.326 e. The molecule has 1 aromatic rings. The molecule has 0 saturated heterocycles. The second-order valence-corrected chi connectivity index (χ2v) is 3.89. The highest BCUT2D eigenvalue weighted by Crippen LogP contribution is 2.15. The van der Waals surface area contributed by atoms with Crippen molar-refractivity contribution in [3.05, 3.63) is 29.3 Å². The van der Waals surface area contributed by atoms with Gasteiger partial charge in [0.25, 0.3) is 0 Å². The predicted octanol–water partition coefficient (Wildman–Crippen LogP) is 2.13. The zero-order chi connectivity index (χ0) is 11.3. The van der Waals surface area contributed by atoms with Gasteiger partial charge in [-0.25, -0.2) is 0 Å². The third-order valence-electron chi connectivity index (χ3n) is 2.05. The van der Waals surface area contributed by atoms with E-state index >= 15 is 0 Å². The summed E-state index contributed by atoms with van der Waals surface area (Å²) in [4.78, 5) is 11.6. The smallest absolute Gasteiger partial charge is 0.228 e. The number of rotatable bonds is 4. The van der Waals surface area contributed by atoms with Crippen LogP contribution in [0.3, 0.4) is 0 Å². The van der Waals surface area contributed by atoms with Crippen molar-refractivity contribution in [2.45, 2.75) is 6.92 Å². The highest BCUT2D eigenvalue weighted by atomic mass is 35.5. The average molecular weight is 227 g/mol. The van der Waals surface area contributed by atoms with E-state index in [0.717, 1.165) is 5.69 Å². The molecular formula is C11H15ClN2O.